The Balaban J connectivity index is 2.04. The maximum atomic E-state index is 9.20. The van der Waals surface area contributed by atoms with Gasteiger partial charge in [-0.15, -0.1) is 0 Å². The molecule has 1 aromatic rings. The first kappa shape index (κ1) is 8.76. The topological polar surface area (TPSA) is 20.2 Å². The van der Waals surface area contributed by atoms with Crippen LogP contribution in [0.15, 0.2) is 24.3 Å². The molecule has 0 radical (unpaired) electrons. The summed E-state index contributed by atoms with van der Waals surface area (Å²) in [5, 5.41) is 9.20. The lowest BCUT2D eigenvalue weighted by Crippen LogP contribution is -2.03. The van der Waals surface area contributed by atoms with E-state index in [1.54, 1.807) is 0 Å². The first-order valence-electron chi connectivity index (χ1n) is 5.02. The Labute approximate surface area is 79.4 Å². The van der Waals surface area contributed by atoms with Crippen molar-refractivity contribution < 1.29 is 5.11 Å². The molecule has 0 bridgehead atoms. The molecule has 1 atom stereocenters. The molecule has 1 aliphatic rings. The van der Waals surface area contributed by atoms with Crippen LogP contribution in [0.5, 0.6) is 0 Å². The van der Waals surface area contributed by atoms with Gasteiger partial charge in [0.15, 0.2) is 0 Å². The second kappa shape index (κ2) is 3.51. The third-order valence-electron chi connectivity index (χ3n) is 2.56. The smallest absolute Gasteiger partial charge is 0.0552 e. The second-order valence-corrected chi connectivity index (χ2v) is 4.07. The van der Waals surface area contributed by atoms with Crippen LogP contribution in [-0.2, 0) is 6.42 Å². The van der Waals surface area contributed by atoms with E-state index in [2.05, 4.69) is 24.3 Å². The molecule has 0 aliphatic heterocycles. The van der Waals surface area contributed by atoms with Gasteiger partial charge in [-0.05, 0) is 43.2 Å². The standard InChI is InChI=1S/C12H16O/c1-9(13)8-10-2-4-11(5-3-10)12-6-7-12/h2-5,9,12-13H,6-8H2,1H3. The Hall–Kier alpha value is -0.820. The van der Waals surface area contributed by atoms with E-state index in [0.717, 1.165) is 12.3 Å². The zero-order chi connectivity index (χ0) is 9.26. The summed E-state index contributed by atoms with van der Waals surface area (Å²) in [5.41, 5.74) is 2.70. The molecule has 1 fully saturated rings. The summed E-state index contributed by atoms with van der Waals surface area (Å²) in [6.07, 6.45) is 3.25. The van der Waals surface area contributed by atoms with Crippen LogP contribution in [0.4, 0.5) is 0 Å². The predicted molar refractivity (Wildman–Crippen MR) is 53.8 cm³/mol. The van der Waals surface area contributed by atoms with E-state index in [0.29, 0.717) is 0 Å². The van der Waals surface area contributed by atoms with Crippen molar-refractivity contribution in [3.8, 4) is 0 Å². The van der Waals surface area contributed by atoms with E-state index in [4.69, 9.17) is 0 Å². The molecule has 0 saturated heterocycles. The highest BCUT2D eigenvalue weighted by molar-refractivity contribution is 5.28. The Kier molecular flexibility index (Phi) is 2.36. The summed E-state index contributed by atoms with van der Waals surface area (Å²) in [5.74, 6) is 0.834. The second-order valence-electron chi connectivity index (χ2n) is 4.07. The Bertz CT molecular complexity index is 270. The molecule has 1 heteroatoms. The molecular formula is C12H16O. The van der Waals surface area contributed by atoms with E-state index in [9.17, 15) is 5.11 Å². The average Bonchev–Trinajstić information content (AvgIpc) is 2.87. The molecule has 1 nitrogen and oxygen atoms in total. The minimum atomic E-state index is -0.230. The minimum Gasteiger partial charge on any atom is -0.393 e. The van der Waals surface area contributed by atoms with E-state index in [1.165, 1.54) is 24.0 Å². The molecule has 13 heavy (non-hydrogen) atoms. The van der Waals surface area contributed by atoms with Gasteiger partial charge in [-0.2, -0.15) is 0 Å². The van der Waals surface area contributed by atoms with Crippen LogP contribution in [0.2, 0.25) is 0 Å². The van der Waals surface area contributed by atoms with E-state index < -0.39 is 0 Å². The lowest BCUT2D eigenvalue weighted by Gasteiger charge is -2.05. The van der Waals surface area contributed by atoms with Crippen molar-refractivity contribution >= 4 is 0 Å². The van der Waals surface area contributed by atoms with Crippen molar-refractivity contribution in [2.45, 2.75) is 38.2 Å². The van der Waals surface area contributed by atoms with Crippen LogP contribution in [0, 0.1) is 0 Å². The highest BCUT2D eigenvalue weighted by Gasteiger charge is 2.22. The summed E-state index contributed by atoms with van der Waals surface area (Å²) in [7, 11) is 0. The first-order chi connectivity index (χ1) is 6.25. The van der Waals surface area contributed by atoms with Crippen molar-refractivity contribution in [2.75, 3.05) is 0 Å². The van der Waals surface area contributed by atoms with Gasteiger partial charge in [-0.25, -0.2) is 0 Å². The monoisotopic (exact) mass is 176 g/mol. The summed E-state index contributed by atoms with van der Waals surface area (Å²) in [6.45, 7) is 1.83. The third-order valence-corrected chi connectivity index (χ3v) is 2.56. The van der Waals surface area contributed by atoms with Crippen molar-refractivity contribution in [1.82, 2.24) is 0 Å². The Morgan fingerprint density at radius 3 is 2.38 bits per heavy atom. The number of benzene rings is 1. The molecule has 2 rings (SSSR count). The zero-order valence-corrected chi connectivity index (χ0v) is 8.03. The molecule has 1 N–H and O–H groups in total. The molecule has 1 aliphatic carbocycles. The third kappa shape index (κ3) is 2.31. The van der Waals surface area contributed by atoms with Crippen molar-refractivity contribution in [3.63, 3.8) is 0 Å². The van der Waals surface area contributed by atoms with Crippen LogP contribution in [0.1, 0.15) is 36.8 Å². The molecule has 0 aromatic heterocycles. The van der Waals surface area contributed by atoms with Gasteiger partial charge in [0.25, 0.3) is 0 Å². The SMILES string of the molecule is CC(O)Cc1ccc(C2CC2)cc1. The fourth-order valence-electron chi connectivity index (χ4n) is 1.68. The van der Waals surface area contributed by atoms with Crippen LogP contribution < -0.4 is 0 Å². The maximum absolute atomic E-state index is 9.20. The maximum Gasteiger partial charge on any atom is 0.0552 e. The van der Waals surface area contributed by atoms with Crippen molar-refractivity contribution in [2.24, 2.45) is 0 Å². The summed E-state index contributed by atoms with van der Waals surface area (Å²) >= 11 is 0. The largest absolute Gasteiger partial charge is 0.393 e. The number of rotatable bonds is 3. The molecule has 0 amide bonds. The zero-order valence-electron chi connectivity index (χ0n) is 8.03. The number of aliphatic hydroxyl groups is 1. The predicted octanol–water partition coefficient (Wildman–Crippen LogP) is 2.49. The Morgan fingerprint density at radius 1 is 1.31 bits per heavy atom. The highest BCUT2D eigenvalue weighted by atomic mass is 16.3. The van der Waals surface area contributed by atoms with Gasteiger partial charge in [0.1, 0.15) is 0 Å². The normalized spacial score (nSPS) is 18.6. The van der Waals surface area contributed by atoms with E-state index in [-0.39, 0.29) is 6.10 Å². The van der Waals surface area contributed by atoms with Gasteiger partial charge < -0.3 is 5.11 Å². The van der Waals surface area contributed by atoms with Gasteiger partial charge in [0.2, 0.25) is 0 Å². The minimum absolute atomic E-state index is 0.230. The lowest BCUT2D eigenvalue weighted by molar-refractivity contribution is 0.195. The van der Waals surface area contributed by atoms with Gasteiger partial charge in [-0.3, -0.25) is 0 Å². The van der Waals surface area contributed by atoms with Crippen LogP contribution in [0.25, 0.3) is 0 Å². The number of hydrogen-bond acceptors (Lipinski definition) is 1. The first-order valence-corrected chi connectivity index (χ1v) is 5.02. The van der Waals surface area contributed by atoms with Crippen molar-refractivity contribution in [3.05, 3.63) is 35.4 Å². The molecule has 1 saturated carbocycles. The van der Waals surface area contributed by atoms with Crippen molar-refractivity contribution in [1.29, 1.82) is 0 Å². The van der Waals surface area contributed by atoms with Gasteiger partial charge in [0.05, 0.1) is 6.10 Å². The van der Waals surface area contributed by atoms with Gasteiger partial charge >= 0.3 is 0 Å². The fourth-order valence-corrected chi connectivity index (χ4v) is 1.68. The summed E-state index contributed by atoms with van der Waals surface area (Å²) in [6, 6.07) is 8.69. The molecule has 1 aromatic carbocycles. The molecule has 0 spiro atoms. The molecular weight excluding hydrogens is 160 g/mol. The van der Waals surface area contributed by atoms with Crippen LogP contribution in [0.3, 0.4) is 0 Å². The highest BCUT2D eigenvalue weighted by Crippen LogP contribution is 2.39. The Morgan fingerprint density at radius 2 is 1.92 bits per heavy atom. The number of aliphatic hydroxyl groups excluding tert-OH is 1. The average molecular weight is 176 g/mol. The van der Waals surface area contributed by atoms with E-state index >= 15 is 0 Å². The number of hydrogen-bond donors (Lipinski definition) is 1. The summed E-state index contributed by atoms with van der Waals surface area (Å²) in [4.78, 5) is 0. The fraction of sp³-hybridized carbons (Fsp3) is 0.500. The molecule has 70 valence electrons. The summed E-state index contributed by atoms with van der Waals surface area (Å²) < 4.78 is 0. The van der Waals surface area contributed by atoms with Crippen LogP contribution >= 0.6 is 0 Å². The molecule has 1 unspecified atom stereocenters. The lowest BCUT2D eigenvalue weighted by atomic mass is 10.0. The quantitative estimate of drug-likeness (QED) is 0.750. The van der Waals surface area contributed by atoms with Gasteiger partial charge in [0, 0.05) is 0 Å². The van der Waals surface area contributed by atoms with Gasteiger partial charge in [-0.1, -0.05) is 24.3 Å². The van der Waals surface area contributed by atoms with E-state index in [1.807, 2.05) is 6.92 Å². The van der Waals surface area contributed by atoms with Crippen LogP contribution in [-0.4, -0.2) is 11.2 Å². The molecule has 0 heterocycles.